The van der Waals surface area contributed by atoms with E-state index in [2.05, 4.69) is 0 Å². The van der Waals surface area contributed by atoms with Crippen molar-refractivity contribution in [3.63, 3.8) is 0 Å². The van der Waals surface area contributed by atoms with Crippen LogP contribution in [-0.2, 0) is 6.61 Å². The second kappa shape index (κ2) is 7.40. The fourth-order valence-corrected chi connectivity index (χ4v) is 4.00. The van der Waals surface area contributed by atoms with Crippen LogP contribution in [0.1, 0.15) is 21.5 Å². The van der Waals surface area contributed by atoms with E-state index >= 15 is 0 Å². The van der Waals surface area contributed by atoms with Crippen LogP contribution in [0.2, 0.25) is 5.02 Å². The number of ether oxygens (including phenoxy) is 1. The van der Waals surface area contributed by atoms with Crippen LogP contribution in [0.4, 0.5) is 0 Å². The summed E-state index contributed by atoms with van der Waals surface area (Å²) in [5, 5.41) is 0.691. The number of hydrogen-bond acceptors (Lipinski definition) is 3. The van der Waals surface area contributed by atoms with Crippen LogP contribution in [0, 0.1) is 0 Å². The Morgan fingerprint density at radius 3 is 2.62 bits per heavy atom. The van der Waals surface area contributed by atoms with Gasteiger partial charge in [0.2, 0.25) is 5.78 Å². The highest BCUT2D eigenvalue weighted by Crippen LogP contribution is 2.40. The monoisotopic (exact) mass is 378 g/mol. The molecule has 0 spiro atoms. The lowest BCUT2D eigenvalue weighted by atomic mass is 10.1. The number of carbonyl (C=O) groups excluding carboxylic acids is 1. The van der Waals surface area contributed by atoms with Crippen molar-refractivity contribution in [1.82, 2.24) is 0 Å². The summed E-state index contributed by atoms with van der Waals surface area (Å²) < 4.78 is 5.86. The lowest BCUT2D eigenvalue weighted by Gasteiger charge is -2.08. The van der Waals surface area contributed by atoms with Gasteiger partial charge in [0.15, 0.2) is 0 Å². The van der Waals surface area contributed by atoms with E-state index in [1.165, 1.54) is 11.8 Å². The summed E-state index contributed by atoms with van der Waals surface area (Å²) in [6, 6.07) is 23.0. The zero-order chi connectivity index (χ0) is 17.9. The van der Waals surface area contributed by atoms with Crippen molar-refractivity contribution in [3.05, 3.63) is 99.4 Å². The zero-order valence-corrected chi connectivity index (χ0v) is 15.4. The lowest BCUT2D eigenvalue weighted by Crippen LogP contribution is -1.96. The largest absolute Gasteiger partial charge is 0.489 e. The molecule has 0 N–H and O–H groups in total. The van der Waals surface area contributed by atoms with Crippen molar-refractivity contribution in [2.45, 2.75) is 11.5 Å². The Balaban J connectivity index is 1.52. The van der Waals surface area contributed by atoms with E-state index in [-0.39, 0.29) is 5.78 Å². The highest BCUT2D eigenvalue weighted by atomic mass is 35.5. The first-order chi connectivity index (χ1) is 12.7. The second-order valence-electron chi connectivity index (χ2n) is 5.89. The Kier molecular flexibility index (Phi) is 4.83. The number of carbonyl (C=O) groups is 1. The molecule has 4 heteroatoms. The van der Waals surface area contributed by atoms with E-state index in [0.717, 1.165) is 32.2 Å². The van der Waals surface area contributed by atoms with Crippen LogP contribution >= 0.6 is 23.4 Å². The average molecular weight is 379 g/mol. The molecule has 0 radical (unpaired) electrons. The molecular formula is C22H15ClO2S. The molecule has 1 aliphatic rings. The highest BCUT2D eigenvalue weighted by molar-refractivity contribution is 8.04. The number of allylic oxidation sites excluding steroid dienone is 1. The zero-order valence-electron chi connectivity index (χ0n) is 13.8. The third-order valence-corrected chi connectivity index (χ3v) is 5.55. The molecule has 0 unspecified atom stereocenters. The molecule has 0 atom stereocenters. The minimum absolute atomic E-state index is 0.0768. The van der Waals surface area contributed by atoms with Crippen molar-refractivity contribution in [2.24, 2.45) is 0 Å². The number of benzene rings is 3. The van der Waals surface area contributed by atoms with Crippen LogP contribution < -0.4 is 4.74 Å². The first-order valence-electron chi connectivity index (χ1n) is 8.20. The van der Waals surface area contributed by atoms with Gasteiger partial charge in [0.1, 0.15) is 12.4 Å². The van der Waals surface area contributed by atoms with Gasteiger partial charge in [-0.2, -0.15) is 0 Å². The fourth-order valence-electron chi connectivity index (χ4n) is 2.76. The summed E-state index contributed by atoms with van der Waals surface area (Å²) >= 11 is 7.68. The van der Waals surface area contributed by atoms with E-state index in [1.807, 2.05) is 78.9 Å². The smallest absolute Gasteiger partial charge is 0.200 e. The van der Waals surface area contributed by atoms with E-state index < -0.39 is 0 Å². The van der Waals surface area contributed by atoms with Gasteiger partial charge in [0.25, 0.3) is 0 Å². The predicted molar refractivity (Wildman–Crippen MR) is 107 cm³/mol. The lowest BCUT2D eigenvalue weighted by molar-refractivity contribution is 0.104. The minimum atomic E-state index is 0.0768. The first-order valence-corrected chi connectivity index (χ1v) is 9.40. The Labute approximate surface area is 161 Å². The van der Waals surface area contributed by atoms with Crippen LogP contribution in [0.15, 0.2) is 82.6 Å². The van der Waals surface area contributed by atoms with E-state index in [0.29, 0.717) is 11.6 Å². The molecule has 128 valence electrons. The molecule has 0 saturated carbocycles. The Bertz CT molecular complexity index is 1010. The molecule has 1 aliphatic heterocycles. The van der Waals surface area contributed by atoms with Gasteiger partial charge in [-0.25, -0.2) is 0 Å². The maximum absolute atomic E-state index is 12.5. The number of rotatable bonds is 4. The maximum Gasteiger partial charge on any atom is 0.200 e. The Morgan fingerprint density at radius 2 is 1.77 bits per heavy atom. The molecular weight excluding hydrogens is 364 g/mol. The first kappa shape index (κ1) is 17.0. The quantitative estimate of drug-likeness (QED) is 0.502. The van der Waals surface area contributed by atoms with Gasteiger partial charge in [-0.1, -0.05) is 65.8 Å². The highest BCUT2D eigenvalue weighted by Gasteiger charge is 2.25. The standard InChI is InChI=1S/C22H15ClO2S/c23-19-10-3-1-7-16(19)14-25-17-8-5-6-15(12-17)13-21-22(24)18-9-2-4-11-20(18)26-21/h1-13H,14H2/b21-13-. The molecule has 3 aromatic rings. The molecule has 0 saturated heterocycles. The van der Waals surface area contributed by atoms with Crippen LogP contribution in [-0.4, -0.2) is 5.78 Å². The van der Waals surface area contributed by atoms with Gasteiger partial charge >= 0.3 is 0 Å². The van der Waals surface area contributed by atoms with Gasteiger partial charge in [0, 0.05) is 21.0 Å². The SMILES string of the molecule is O=C1/C(=C/c2cccc(OCc3ccccc3Cl)c2)Sc2ccccc21. The minimum Gasteiger partial charge on any atom is -0.489 e. The summed E-state index contributed by atoms with van der Waals surface area (Å²) in [6.07, 6.45) is 1.91. The van der Waals surface area contributed by atoms with Crippen molar-refractivity contribution in [2.75, 3.05) is 0 Å². The Morgan fingerprint density at radius 1 is 0.962 bits per heavy atom. The normalized spacial score (nSPS) is 14.5. The summed E-state index contributed by atoms with van der Waals surface area (Å²) in [6.45, 7) is 0.402. The summed E-state index contributed by atoms with van der Waals surface area (Å²) in [5.41, 5.74) is 2.65. The van der Waals surface area contributed by atoms with Crippen molar-refractivity contribution < 1.29 is 9.53 Å². The molecule has 0 fully saturated rings. The van der Waals surface area contributed by atoms with E-state index in [1.54, 1.807) is 0 Å². The van der Waals surface area contributed by atoms with Gasteiger partial charge in [-0.15, -0.1) is 0 Å². The average Bonchev–Trinajstić information content (AvgIpc) is 2.97. The number of Topliss-reactive ketones (excluding diaryl/α,β-unsaturated/α-hetero) is 1. The third-order valence-electron chi connectivity index (χ3n) is 4.08. The van der Waals surface area contributed by atoms with Gasteiger partial charge in [0.05, 0.1) is 4.91 Å². The number of ketones is 1. The van der Waals surface area contributed by atoms with Crippen LogP contribution in [0.25, 0.3) is 6.08 Å². The van der Waals surface area contributed by atoms with Crippen LogP contribution in [0.3, 0.4) is 0 Å². The fraction of sp³-hybridized carbons (Fsp3) is 0.0455. The van der Waals surface area contributed by atoms with E-state index in [4.69, 9.17) is 16.3 Å². The number of thioether (sulfide) groups is 1. The molecule has 26 heavy (non-hydrogen) atoms. The molecule has 4 rings (SSSR count). The van der Waals surface area contributed by atoms with Gasteiger partial charge < -0.3 is 4.74 Å². The molecule has 1 heterocycles. The summed E-state index contributed by atoms with van der Waals surface area (Å²) in [5.74, 6) is 0.820. The third kappa shape index (κ3) is 3.55. The van der Waals surface area contributed by atoms with Crippen molar-refractivity contribution in [3.8, 4) is 5.75 Å². The number of halogens is 1. The molecule has 3 aromatic carbocycles. The Hall–Kier alpha value is -2.49. The van der Waals surface area contributed by atoms with Crippen molar-refractivity contribution >= 4 is 35.2 Å². The topological polar surface area (TPSA) is 26.3 Å². The van der Waals surface area contributed by atoms with Crippen molar-refractivity contribution in [1.29, 1.82) is 0 Å². The number of fused-ring (bicyclic) bond motifs is 1. The van der Waals surface area contributed by atoms with Gasteiger partial charge in [-0.05, 0) is 42.0 Å². The maximum atomic E-state index is 12.5. The molecule has 0 amide bonds. The predicted octanol–water partition coefficient (Wildman–Crippen LogP) is 6.25. The molecule has 0 aliphatic carbocycles. The van der Waals surface area contributed by atoms with Gasteiger partial charge in [-0.3, -0.25) is 4.79 Å². The number of hydrogen-bond donors (Lipinski definition) is 0. The summed E-state index contributed by atoms with van der Waals surface area (Å²) in [4.78, 5) is 14.2. The molecule has 0 aromatic heterocycles. The molecule has 2 nitrogen and oxygen atoms in total. The second-order valence-corrected chi connectivity index (χ2v) is 7.38. The summed E-state index contributed by atoms with van der Waals surface area (Å²) in [7, 11) is 0. The van der Waals surface area contributed by atoms with E-state index in [9.17, 15) is 4.79 Å². The molecule has 0 bridgehead atoms. The van der Waals surface area contributed by atoms with Crippen LogP contribution in [0.5, 0.6) is 5.75 Å².